The van der Waals surface area contributed by atoms with Crippen LogP contribution >= 0.6 is 0 Å². The molecule has 1 saturated heterocycles. The molecule has 1 saturated carbocycles. The maximum absolute atomic E-state index is 12.5. The summed E-state index contributed by atoms with van der Waals surface area (Å²) < 4.78 is 10.1. The van der Waals surface area contributed by atoms with Crippen LogP contribution in [-0.2, 0) is 14.3 Å². The normalized spacial score (nSPS) is 21.4. The molecule has 2 aliphatic rings. The molecule has 0 bridgehead atoms. The fourth-order valence-electron chi connectivity index (χ4n) is 4.21. The average molecular weight is 388 g/mol. The van der Waals surface area contributed by atoms with Crippen LogP contribution in [0.1, 0.15) is 48.9 Å². The molecule has 28 heavy (non-hydrogen) atoms. The SMILES string of the molecule is COc1ccc(C(=O)NCC(=O)OCC(=O)N2CCC[C@H]3CCCC[C@@H]32)cc1. The molecule has 7 nitrogen and oxygen atoms in total. The third-order valence-corrected chi connectivity index (χ3v) is 5.67. The minimum atomic E-state index is -0.618. The molecular weight excluding hydrogens is 360 g/mol. The van der Waals surface area contributed by atoms with Gasteiger partial charge in [-0.2, -0.15) is 0 Å². The van der Waals surface area contributed by atoms with E-state index in [9.17, 15) is 14.4 Å². The Labute approximate surface area is 165 Å². The Bertz CT molecular complexity index is 701. The molecule has 1 aromatic carbocycles. The van der Waals surface area contributed by atoms with E-state index in [1.54, 1.807) is 31.4 Å². The Balaban J connectivity index is 1.42. The monoisotopic (exact) mass is 388 g/mol. The number of hydrogen-bond acceptors (Lipinski definition) is 5. The van der Waals surface area contributed by atoms with Crippen molar-refractivity contribution in [1.82, 2.24) is 10.2 Å². The van der Waals surface area contributed by atoms with E-state index in [1.807, 2.05) is 4.90 Å². The first-order chi connectivity index (χ1) is 13.6. The van der Waals surface area contributed by atoms with Crippen molar-refractivity contribution in [3.63, 3.8) is 0 Å². The molecule has 1 N–H and O–H groups in total. The van der Waals surface area contributed by atoms with E-state index in [0.717, 1.165) is 25.8 Å². The van der Waals surface area contributed by atoms with Crippen LogP contribution in [-0.4, -0.2) is 55.5 Å². The molecule has 1 heterocycles. The van der Waals surface area contributed by atoms with E-state index in [1.165, 1.54) is 19.3 Å². The van der Waals surface area contributed by atoms with E-state index in [-0.39, 0.29) is 25.0 Å². The largest absolute Gasteiger partial charge is 0.497 e. The molecule has 2 atom stereocenters. The third-order valence-electron chi connectivity index (χ3n) is 5.67. The summed E-state index contributed by atoms with van der Waals surface area (Å²) in [4.78, 5) is 38.4. The van der Waals surface area contributed by atoms with E-state index < -0.39 is 5.97 Å². The lowest BCUT2D eigenvalue weighted by Crippen LogP contribution is -2.51. The number of carbonyl (C=O) groups is 3. The zero-order valence-electron chi connectivity index (χ0n) is 16.3. The molecule has 1 aliphatic carbocycles. The van der Waals surface area contributed by atoms with Gasteiger partial charge in [0.1, 0.15) is 12.3 Å². The molecule has 2 amide bonds. The number of likely N-dealkylation sites (tertiary alicyclic amines) is 1. The smallest absolute Gasteiger partial charge is 0.325 e. The minimum Gasteiger partial charge on any atom is -0.497 e. The summed E-state index contributed by atoms with van der Waals surface area (Å²) in [6.07, 6.45) is 6.83. The number of amides is 2. The second-order valence-electron chi connectivity index (χ2n) is 7.41. The summed E-state index contributed by atoms with van der Waals surface area (Å²) >= 11 is 0. The number of rotatable bonds is 6. The predicted octanol–water partition coefficient (Wildman–Crippen LogP) is 2.15. The fourth-order valence-corrected chi connectivity index (χ4v) is 4.21. The number of hydrogen-bond donors (Lipinski definition) is 1. The first-order valence-corrected chi connectivity index (χ1v) is 9.96. The molecule has 1 aliphatic heterocycles. The Morgan fingerprint density at radius 3 is 2.54 bits per heavy atom. The zero-order chi connectivity index (χ0) is 19.9. The number of methoxy groups -OCH3 is 1. The van der Waals surface area contributed by atoms with Gasteiger partial charge in [-0.1, -0.05) is 12.8 Å². The maximum atomic E-state index is 12.5. The lowest BCUT2D eigenvalue weighted by molar-refractivity contribution is -0.154. The fraction of sp³-hybridized carbons (Fsp3) is 0.571. The van der Waals surface area contributed by atoms with Gasteiger partial charge >= 0.3 is 5.97 Å². The quantitative estimate of drug-likeness (QED) is 0.755. The van der Waals surface area contributed by atoms with Gasteiger partial charge in [-0.3, -0.25) is 14.4 Å². The van der Waals surface area contributed by atoms with Crippen LogP contribution in [0.25, 0.3) is 0 Å². The van der Waals surface area contributed by atoms with Crippen LogP contribution in [0, 0.1) is 5.92 Å². The summed E-state index contributed by atoms with van der Waals surface area (Å²) in [5.41, 5.74) is 0.418. The summed E-state index contributed by atoms with van der Waals surface area (Å²) in [5, 5.41) is 2.51. The standard InChI is InChI=1S/C21H28N2O5/c1-27-17-10-8-16(9-11-17)21(26)22-13-20(25)28-14-19(24)23-12-4-6-15-5-2-3-7-18(15)23/h8-11,15,18H,2-7,12-14H2,1H3,(H,22,26)/t15-,18+/m1/s1. The topological polar surface area (TPSA) is 84.9 Å². The minimum absolute atomic E-state index is 0.133. The number of benzene rings is 1. The molecule has 152 valence electrons. The van der Waals surface area contributed by atoms with Crippen LogP contribution in [0.15, 0.2) is 24.3 Å². The van der Waals surface area contributed by atoms with Gasteiger partial charge in [0.2, 0.25) is 0 Å². The summed E-state index contributed by atoms with van der Waals surface area (Å²) in [5.74, 6) is 0.101. The number of fused-ring (bicyclic) bond motifs is 1. The maximum Gasteiger partial charge on any atom is 0.325 e. The summed E-state index contributed by atoms with van der Waals surface area (Å²) in [6, 6.07) is 6.86. The highest BCUT2D eigenvalue weighted by Gasteiger charge is 2.35. The van der Waals surface area contributed by atoms with E-state index in [4.69, 9.17) is 9.47 Å². The molecule has 7 heteroatoms. The van der Waals surface area contributed by atoms with Crippen molar-refractivity contribution in [2.45, 2.75) is 44.6 Å². The van der Waals surface area contributed by atoms with Gasteiger partial charge in [0.05, 0.1) is 7.11 Å². The molecule has 0 unspecified atom stereocenters. The first-order valence-electron chi connectivity index (χ1n) is 9.96. The second-order valence-corrected chi connectivity index (χ2v) is 7.41. The Morgan fingerprint density at radius 2 is 1.79 bits per heavy atom. The molecule has 1 aromatic rings. The van der Waals surface area contributed by atoms with Gasteiger partial charge in [-0.05, 0) is 55.9 Å². The molecule has 0 aromatic heterocycles. The summed E-state index contributed by atoms with van der Waals surface area (Å²) in [6.45, 7) is 0.205. The molecule has 3 rings (SSSR count). The number of esters is 1. The van der Waals surface area contributed by atoms with Gasteiger partial charge in [-0.15, -0.1) is 0 Å². The molecule has 0 radical (unpaired) electrons. The van der Waals surface area contributed by atoms with Crippen LogP contribution in [0.3, 0.4) is 0 Å². The van der Waals surface area contributed by atoms with E-state index in [0.29, 0.717) is 23.3 Å². The van der Waals surface area contributed by atoms with Crippen molar-refractivity contribution in [2.24, 2.45) is 5.92 Å². The van der Waals surface area contributed by atoms with Gasteiger partial charge in [0, 0.05) is 18.2 Å². The average Bonchev–Trinajstić information content (AvgIpc) is 2.75. The lowest BCUT2D eigenvalue weighted by atomic mass is 9.78. The highest BCUT2D eigenvalue weighted by molar-refractivity contribution is 5.96. The molecule has 0 spiro atoms. The van der Waals surface area contributed by atoms with Crippen LogP contribution < -0.4 is 10.1 Å². The van der Waals surface area contributed by atoms with Crippen molar-refractivity contribution in [2.75, 3.05) is 26.8 Å². The summed E-state index contributed by atoms with van der Waals surface area (Å²) in [7, 11) is 1.55. The van der Waals surface area contributed by atoms with Gasteiger partial charge in [0.25, 0.3) is 11.8 Å². The van der Waals surface area contributed by atoms with Crippen LogP contribution in [0.4, 0.5) is 0 Å². The lowest BCUT2D eigenvalue weighted by Gasteiger charge is -2.44. The van der Waals surface area contributed by atoms with Gasteiger partial charge in [0.15, 0.2) is 6.61 Å². The number of nitrogens with zero attached hydrogens (tertiary/aromatic N) is 1. The highest BCUT2D eigenvalue weighted by atomic mass is 16.5. The van der Waals surface area contributed by atoms with Gasteiger partial charge < -0.3 is 19.7 Å². The number of ether oxygens (including phenoxy) is 2. The van der Waals surface area contributed by atoms with Crippen molar-refractivity contribution in [3.05, 3.63) is 29.8 Å². The predicted molar refractivity (Wildman–Crippen MR) is 103 cm³/mol. The van der Waals surface area contributed by atoms with Crippen molar-refractivity contribution < 1.29 is 23.9 Å². The first kappa shape index (κ1) is 20.2. The number of nitrogens with one attached hydrogen (secondary N) is 1. The number of piperidine rings is 1. The van der Waals surface area contributed by atoms with E-state index in [2.05, 4.69) is 5.32 Å². The second kappa shape index (κ2) is 9.57. The van der Waals surface area contributed by atoms with Crippen molar-refractivity contribution >= 4 is 17.8 Å². The van der Waals surface area contributed by atoms with Crippen LogP contribution in [0.2, 0.25) is 0 Å². The van der Waals surface area contributed by atoms with Gasteiger partial charge in [-0.25, -0.2) is 0 Å². The van der Waals surface area contributed by atoms with Crippen molar-refractivity contribution in [3.8, 4) is 5.75 Å². The highest BCUT2D eigenvalue weighted by Crippen LogP contribution is 2.35. The number of carbonyl (C=O) groups excluding carboxylic acids is 3. The van der Waals surface area contributed by atoms with E-state index >= 15 is 0 Å². The Kier molecular flexibility index (Phi) is 6.90. The zero-order valence-corrected chi connectivity index (χ0v) is 16.3. The Hall–Kier alpha value is -2.57. The van der Waals surface area contributed by atoms with Crippen molar-refractivity contribution in [1.29, 1.82) is 0 Å². The van der Waals surface area contributed by atoms with Crippen LogP contribution in [0.5, 0.6) is 5.75 Å². The Morgan fingerprint density at radius 1 is 1.07 bits per heavy atom. The molecule has 2 fully saturated rings. The third kappa shape index (κ3) is 5.03. The molecular formula is C21H28N2O5.